The first-order valence-corrected chi connectivity index (χ1v) is 20.3. The highest BCUT2D eigenvalue weighted by Gasteiger charge is 2.25. The highest BCUT2D eigenvalue weighted by molar-refractivity contribution is 7.47. The molecule has 0 saturated heterocycles. The van der Waals surface area contributed by atoms with Crippen LogP contribution in [-0.2, 0) is 32.7 Å². The standard InChI is InChI=1S/C39H68NO8P/c1-3-5-7-9-11-13-15-16-17-18-19-20-22-23-25-27-29-31-38(41)45-35-37(36-47-49(43,44)46-34-33-40)48-39(42)32-30-28-26-24-21-14-12-10-8-6-4-2/h5,7,11,13,16-17,19-20,23,25,37H,3-4,6,8-10,12,14-15,18,21-22,24,26-36,40H2,1-2H3,(H,43,44)/t37-/m1/s1. The molecule has 0 saturated carbocycles. The van der Waals surface area contributed by atoms with Crippen molar-refractivity contribution in [1.29, 1.82) is 0 Å². The van der Waals surface area contributed by atoms with Gasteiger partial charge in [-0.25, -0.2) is 4.57 Å². The minimum atomic E-state index is -4.38. The summed E-state index contributed by atoms with van der Waals surface area (Å²) in [7, 11) is -4.38. The Morgan fingerprint density at radius 3 is 1.65 bits per heavy atom. The molecule has 0 aliphatic carbocycles. The van der Waals surface area contributed by atoms with Crippen molar-refractivity contribution in [3.63, 3.8) is 0 Å². The van der Waals surface area contributed by atoms with E-state index in [0.717, 1.165) is 57.8 Å². The second-order valence-corrected chi connectivity index (χ2v) is 13.5. The van der Waals surface area contributed by atoms with E-state index in [1.165, 1.54) is 44.9 Å². The third-order valence-corrected chi connectivity index (χ3v) is 8.40. The number of phosphoric ester groups is 1. The topological polar surface area (TPSA) is 134 Å². The van der Waals surface area contributed by atoms with Crippen molar-refractivity contribution in [2.45, 2.75) is 148 Å². The lowest BCUT2D eigenvalue weighted by atomic mass is 10.1. The predicted octanol–water partition coefficient (Wildman–Crippen LogP) is 10.2. The largest absolute Gasteiger partial charge is 0.472 e. The second-order valence-electron chi connectivity index (χ2n) is 12.1. The number of carbonyl (C=O) groups excluding carboxylic acids is 2. The Bertz CT molecular complexity index is 992. The summed E-state index contributed by atoms with van der Waals surface area (Å²) in [6, 6.07) is 0. The van der Waals surface area contributed by atoms with Crippen molar-refractivity contribution in [2.75, 3.05) is 26.4 Å². The first-order valence-electron chi connectivity index (χ1n) is 18.8. The van der Waals surface area contributed by atoms with E-state index in [2.05, 4.69) is 68.5 Å². The van der Waals surface area contributed by atoms with Gasteiger partial charge in [0.1, 0.15) is 6.61 Å². The van der Waals surface area contributed by atoms with Crippen LogP contribution in [0, 0.1) is 0 Å². The predicted molar refractivity (Wildman–Crippen MR) is 201 cm³/mol. The first kappa shape index (κ1) is 46.7. The summed E-state index contributed by atoms with van der Waals surface area (Å²) in [5, 5.41) is 0. The van der Waals surface area contributed by atoms with Crippen LogP contribution in [0.5, 0.6) is 0 Å². The Labute approximate surface area is 298 Å². The van der Waals surface area contributed by atoms with Gasteiger partial charge in [0.05, 0.1) is 13.2 Å². The molecule has 49 heavy (non-hydrogen) atoms. The van der Waals surface area contributed by atoms with Gasteiger partial charge in [0.25, 0.3) is 0 Å². The first-order chi connectivity index (χ1) is 23.8. The van der Waals surface area contributed by atoms with E-state index >= 15 is 0 Å². The lowest BCUT2D eigenvalue weighted by molar-refractivity contribution is -0.161. The molecule has 0 heterocycles. The minimum absolute atomic E-state index is 0.0442. The highest BCUT2D eigenvalue weighted by atomic mass is 31.2. The van der Waals surface area contributed by atoms with Crippen molar-refractivity contribution in [3.8, 4) is 0 Å². The summed E-state index contributed by atoms with van der Waals surface area (Å²) in [4.78, 5) is 34.6. The van der Waals surface area contributed by atoms with Gasteiger partial charge in [0.15, 0.2) is 6.10 Å². The molecule has 0 radical (unpaired) electrons. The van der Waals surface area contributed by atoms with Gasteiger partial charge in [-0.05, 0) is 51.4 Å². The summed E-state index contributed by atoms with van der Waals surface area (Å²) in [5.74, 6) is -0.903. The third kappa shape index (κ3) is 35.3. The molecule has 0 aromatic carbocycles. The van der Waals surface area contributed by atoms with Crippen LogP contribution in [-0.4, -0.2) is 49.3 Å². The van der Waals surface area contributed by atoms with E-state index in [9.17, 15) is 19.0 Å². The Morgan fingerprint density at radius 1 is 0.633 bits per heavy atom. The van der Waals surface area contributed by atoms with E-state index in [0.29, 0.717) is 12.8 Å². The smallest absolute Gasteiger partial charge is 0.462 e. The van der Waals surface area contributed by atoms with Crippen molar-refractivity contribution in [3.05, 3.63) is 60.8 Å². The number of nitrogens with two attached hydrogens (primary N) is 1. The number of unbranched alkanes of at least 4 members (excludes halogenated alkanes) is 11. The summed E-state index contributed by atoms with van der Waals surface area (Å²) < 4.78 is 32.5. The van der Waals surface area contributed by atoms with Crippen LogP contribution in [0.25, 0.3) is 0 Å². The summed E-state index contributed by atoms with van der Waals surface area (Å²) in [5.41, 5.74) is 5.32. The third-order valence-electron chi connectivity index (χ3n) is 7.42. The molecule has 0 bridgehead atoms. The van der Waals surface area contributed by atoms with Crippen molar-refractivity contribution in [2.24, 2.45) is 5.73 Å². The minimum Gasteiger partial charge on any atom is -0.462 e. The number of rotatable bonds is 34. The number of ether oxygens (including phenoxy) is 2. The maximum Gasteiger partial charge on any atom is 0.472 e. The molecule has 1 unspecified atom stereocenters. The number of esters is 2. The van der Waals surface area contributed by atoms with E-state index in [-0.39, 0.29) is 32.6 Å². The van der Waals surface area contributed by atoms with Gasteiger partial charge in [-0.15, -0.1) is 0 Å². The maximum atomic E-state index is 12.5. The van der Waals surface area contributed by atoms with E-state index in [1.54, 1.807) is 0 Å². The molecule has 0 rings (SSSR count). The Kier molecular flexibility index (Phi) is 33.9. The lowest BCUT2D eigenvalue weighted by Gasteiger charge is -2.19. The van der Waals surface area contributed by atoms with Crippen molar-refractivity contribution >= 4 is 19.8 Å². The van der Waals surface area contributed by atoms with Gasteiger partial charge >= 0.3 is 19.8 Å². The average molecular weight is 710 g/mol. The van der Waals surface area contributed by atoms with Gasteiger partial charge in [-0.2, -0.15) is 0 Å². The van der Waals surface area contributed by atoms with Crippen molar-refractivity contribution < 1.29 is 37.6 Å². The number of carbonyl (C=O) groups is 2. The van der Waals surface area contributed by atoms with Crippen LogP contribution in [0.2, 0.25) is 0 Å². The van der Waals surface area contributed by atoms with E-state index in [1.807, 2.05) is 6.08 Å². The van der Waals surface area contributed by atoms with Crippen molar-refractivity contribution in [1.82, 2.24) is 0 Å². The van der Waals surface area contributed by atoms with Gasteiger partial charge in [0.2, 0.25) is 0 Å². The zero-order valence-electron chi connectivity index (χ0n) is 30.7. The van der Waals surface area contributed by atoms with Crippen LogP contribution in [0.3, 0.4) is 0 Å². The van der Waals surface area contributed by atoms with Gasteiger partial charge in [-0.3, -0.25) is 18.6 Å². The zero-order valence-corrected chi connectivity index (χ0v) is 31.5. The molecule has 0 aromatic heterocycles. The molecule has 0 spiro atoms. The van der Waals surface area contributed by atoms with Gasteiger partial charge in [-0.1, -0.05) is 139 Å². The lowest BCUT2D eigenvalue weighted by Crippen LogP contribution is -2.29. The monoisotopic (exact) mass is 709 g/mol. The summed E-state index contributed by atoms with van der Waals surface area (Å²) in [6.45, 7) is 3.52. The average Bonchev–Trinajstić information content (AvgIpc) is 3.08. The Hall–Kier alpha value is -2.29. The number of allylic oxidation sites excluding steroid dienone is 10. The number of hydrogen-bond acceptors (Lipinski definition) is 8. The Balaban J connectivity index is 4.33. The molecule has 0 aromatic rings. The fraction of sp³-hybridized carbons (Fsp3) is 0.692. The van der Waals surface area contributed by atoms with E-state index in [4.69, 9.17) is 24.3 Å². The number of hydrogen-bond donors (Lipinski definition) is 2. The van der Waals surface area contributed by atoms with Gasteiger partial charge in [0, 0.05) is 19.4 Å². The fourth-order valence-corrected chi connectivity index (χ4v) is 5.43. The molecule has 9 nitrogen and oxygen atoms in total. The van der Waals surface area contributed by atoms with Crippen LogP contribution in [0.4, 0.5) is 0 Å². The quantitative estimate of drug-likeness (QED) is 0.0290. The fourth-order valence-electron chi connectivity index (χ4n) is 4.67. The molecule has 282 valence electrons. The van der Waals surface area contributed by atoms with Gasteiger partial charge < -0.3 is 20.1 Å². The molecule has 0 amide bonds. The Morgan fingerprint density at radius 2 is 1.12 bits per heavy atom. The molecular weight excluding hydrogens is 641 g/mol. The van der Waals surface area contributed by atoms with Crippen LogP contribution < -0.4 is 5.73 Å². The second kappa shape index (κ2) is 35.5. The molecule has 0 aliphatic heterocycles. The molecule has 2 atom stereocenters. The molecule has 0 aliphatic rings. The maximum absolute atomic E-state index is 12.5. The molecule has 3 N–H and O–H groups in total. The van der Waals surface area contributed by atoms with Crippen LogP contribution >= 0.6 is 7.82 Å². The molecule has 0 fully saturated rings. The SMILES string of the molecule is CCC=CCC=CCC=CCC=CCC=CCCCC(=O)OC[C@H](COP(=O)(O)OCCN)OC(=O)CCCCCCCCCCCCC. The highest BCUT2D eigenvalue weighted by Crippen LogP contribution is 2.43. The number of phosphoric acid groups is 1. The van der Waals surface area contributed by atoms with E-state index < -0.39 is 32.5 Å². The van der Waals surface area contributed by atoms with Crippen LogP contribution in [0.15, 0.2) is 60.8 Å². The normalized spacial score (nSPS) is 14.1. The summed E-state index contributed by atoms with van der Waals surface area (Å²) >= 11 is 0. The summed E-state index contributed by atoms with van der Waals surface area (Å²) in [6.07, 6.45) is 39.7. The van der Waals surface area contributed by atoms with Crippen LogP contribution in [0.1, 0.15) is 142 Å². The molecule has 10 heteroatoms. The molecular formula is C39H68NO8P. The zero-order chi connectivity index (χ0) is 36.1.